The molecule has 1 aromatic carbocycles. The van der Waals surface area contributed by atoms with Crippen molar-refractivity contribution >= 4 is 34.5 Å². The van der Waals surface area contributed by atoms with E-state index in [0.717, 1.165) is 46.6 Å². The zero-order chi connectivity index (χ0) is 14.9. The van der Waals surface area contributed by atoms with Gasteiger partial charge >= 0.3 is 5.97 Å². The van der Waals surface area contributed by atoms with Crippen molar-refractivity contribution in [2.75, 3.05) is 0 Å². The third-order valence-corrected chi connectivity index (χ3v) is 3.71. The highest BCUT2D eigenvalue weighted by Gasteiger charge is 2.15. The van der Waals surface area contributed by atoms with Gasteiger partial charge in [-0.2, -0.15) is 0 Å². The van der Waals surface area contributed by atoms with E-state index >= 15 is 0 Å². The Hall–Kier alpha value is -1.74. The van der Waals surface area contributed by atoms with E-state index in [1.165, 1.54) is 0 Å². The number of carboxylic acids is 1. The Morgan fingerprint density at radius 2 is 2.10 bits per heavy atom. The van der Waals surface area contributed by atoms with Crippen molar-refractivity contribution in [3.05, 3.63) is 40.1 Å². The first-order chi connectivity index (χ1) is 9.45. The second kappa shape index (κ2) is 5.71. The number of halogens is 1. The molecule has 0 aliphatic carbocycles. The third kappa shape index (κ3) is 2.59. The van der Waals surface area contributed by atoms with Crippen LogP contribution in [0, 0.1) is 13.8 Å². The molecule has 0 atom stereocenters. The standard InChI is InChI=1S/C16H18ClNO2/c1-4-7-18-15-11(3)8-10(2)9-13(15)12(16(18)17)5-6-14(19)20/h5-6,8-9H,4,7H2,1-3H3,(H,19,20)/b6-5+. The lowest BCUT2D eigenvalue weighted by atomic mass is 10.1. The summed E-state index contributed by atoms with van der Waals surface area (Å²) in [6.45, 7) is 7.00. The number of aromatic nitrogens is 1. The van der Waals surface area contributed by atoms with Gasteiger partial charge in [-0.15, -0.1) is 0 Å². The molecule has 0 saturated heterocycles. The number of aryl methyl sites for hydroxylation is 3. The molecule has 0 radical (unpaired) electrons. The van der Waals surface area contributed by atoms with E-state index in [9.17, 15) is 4.79 Å². The molecule has 4 heteroatoms. The molecule has 2 rings (SSSR count). The molecule has 0 unspecified atom stereocenters. The van der Waals surface area contributed by atoms with E-state index in [-0.39, 0.29) is 0 Å². The first-order valence-electron chi connectivity index (χ1n) is 6.65. The summed E-state index contributed by atoms with van der Waals surface area (Å²) in [6.07, 6.45) is 3.69. The molecule has 0 saturated carbocycles. The van der Waals surface area contributed by atoms with Crippen molar-refractivity contribution < 1.29 is 9.90 Å². The highest BCUT2D eigenvalue weighted by Crippen LogP contribution is 2.34. The predicted molar refractivity (Wildman–Crippen MR) is 83.4 cm³/mol. The van der Waals surface area contributed by atoms with Crippen LogP contribution in [0.25, 0.3) is 17.0 Å². The summed E-state index contributed by atoms with van der Waals surface area (Å²) in [6, 6.07) is 4.18. The lowest BCUT2D eigenvalue weighted by molar-refractivity contribution is -0.131. The number of benzene rings is 1. The summed E-state index contributed by atoms with van der Waals surface area (Å²) < 4.78 is 2.06. The van der Waals surface area contributed by atoms with Crippen LogP contribution in [-0.2, 0) is 11.3 Å². The van der Waals surface area contributed by atoms with Crippen LogP contribution in [0.2, 0.25) is 5.15 Å². The normalized spacial score (nSPS) is 11.6. The van der Waals surface area contributed by atoms with Gasteiger partial charge in [0, 0.05) is 23.6 Å². The number of fused-ring (bicyclic) bond motifs is 1. The maximum absolute atomic E-state index is 10.7. The lowest BCUT2D eigenvalue weighted by Crippen LogP contribution is -1.97. The topological polar surface area (TPSA) is 42.2 Å². The number of carbonyl (C=O) groups is 1. The highest BCUT2D eigenvalue weighted by atomic mass is 35.5. The molecule has 20 heavy (non-hydrogen) atoms. The SMILES string of the molecule is CCCn1c(Cl)c(/C=C/C(=O)O)c2cc(C)cc(C)c21. The molecule has 1 heterocycles. The number of nitrogens with zero attached hydrogens (tertiary/aromatic N) is 1. The molecule has 0 aliphatic heterocycles. The fraction of sp³-hybridized carbons (Fsp3) is 0.312. The Kier molecular flexibility index (Phi) is 4.19. The third-order valence-electron chi connectivity index (χ3n) is 3.30. The van der Waals surface area contributed by atoms with Crippen molar-refractivity contribution in [3.63, 3.8) is 0 Å². The zero-order valence-corrected chi connectivity index (χ0v) is 12.7. The van der Waals surface area contributed by atoms with Gasteiger partial charge in [-0.3, -0.25) is 0 Å². The smallest absolute Gasteiger partial charge is 0.328 e. The minimum Gasteiger partial charge on any atom is -0.478 e. The first kappa shape index (κ1) is 14.7. The maximum atomic E-state index is 10.7. The first-order valence-corrected chi connectivity index (χ1v) is 7.03. The Bertz CT molecular complexity index is 698. The van der Waals surface area contributed by atoms with Crippen LogP contribution >= 0.6 is 11.6 Å². The summed E-state index contributed by atoms with van der Waals surface area (Å²) in [5, 5.41) is 10.4. The minimum atomic E-state index is -0.971. The zero-order valence-electron chi connectivity index (χ0n) is 11.9. The van der Waals surface area contributed by atoms with Crippen LogP contribution in [0.1, 0.15) is 30.0 Å². The molecule has 0 bridgehead atoms. The number of aliphatic carboxylic acids is 1. The molecule has 3 nitrogen and oxygen atoms in total. The summed E-state index contributed by atoms with van der Waals surface area (Å²) in [4.78, 5) is 10.7. The highest BCUT2D eigenvalue weighted by molar-refractivity contribution is 6.33. The van der Waals surface area contributed by atoms with Crippen molar-refractivity contribution in [1.82, 2.24) is 4.57 Å². The van der Waals surface area contributed by atoms with Crippen LogP contribution < -0.4 is 0 Å². The maximum Gasteiger partial charge on any atom is 0.328 e. The second-order valence-electron chi connectivity index (χ2n) is 5.01. The van der Waals surface area contributed by atoms with E-state index in [1.807, 2.05) is 6.92 Å². The van der Waals surface area contributed by atoms with Gasteiger partial charge in [0.1, 0.15) is 5.15 Å². The molecular formula is C16H18ClNO2. The van der Waals surface area contributed by atoms with Crippen LogP contribution in [0.4, 0.5) is 0 Å². The molecule has 1 N–H and O–H groups in total. The van der Waals surface area contributed by atoms with Crippen LogP contribution in [0.15, 0.2) is 18.2 Å². The fourth-order valence-electron chi connectivity index (χ4n) is 2.62. The largest absolute Gasteiger partial charge is 0.478 e. The van der Waals surface area contributed by atoms with Gasteiger partial charge in [0.2, 0.25) is 0 Å². The molecule has 106 valence electrons. The Morgan fingerprint density at radius 3 is 2.70 bits per heavy atom. The average molecular weight is 292 g/mol. The van der Waals surface area contributed by atoms with E-state index in [4.69, 9.17) is 16.7 Å². The molecule has 0 aliphatic rings. The molecule has 1 aromatic heterocycles. The van der Waals surface area contributed by atoms with Gasteiger partial charge in [0.05, 0.1) is 5.52 Å². The van der Waals surface area contributed by atoms with Gasteiger partial charge < -0.3 is 9.67 Å². The second-order valence-corrected chi connectivity index (χ2v) is 5.36. The monoisotopic (exact) mass is 291 g/mol. The number of hydrogen-bond acceptors (Lipinski definition) is 1. The number of carboxylic acid groups (broad SMARTS) is 1. The molecule has 0 spiro atoms. The van der Waals surface area contributed by atoms with Crippen molar-refractivity contribution in [1.29, 1.82) is 0 Å². The van der Waals surface area contributed by atoms with Crippen molar-refractivity contribution in [3.8, 4) is 0 Å². The van der Waals surface area contributed by atoms with Gasteiger partial charge in [-0.05, 0) is 38.0 Å². The van der Waals surface area contributed by atoms with E-state index in [0.29, 0.717) is 5.15 Å². The minimum absolute atomic E-state index is 0.605. The molecular weight excluding hydrogens is 274 g/mol. The van der Waals surface area contributed by atoms with E-state index < -0.39 is 5.97 Å². The summed E-state index contributed by atoms with van der Waals surface area (Å²) in [7, 11) is 0. The van der Waals surface area contributed by atoms with Crippen LogP contribution in [-0.4, -0.2) is 15.6 Å². The van der Waals surface area contributed by atoms with Crippen LogP contribution in [0.3, 0.4) is 0 Å². The van der Waals surface area contributed by atoms with Crippen molar-refractivity contribution in [2.24, 2.45) is 0 Å². The van der Waals surface area contributed by atoms with Gasteiger partial charge in [0.25, 0.3) is 0 Å². The average Bonchev–Trinajstić information content (AvgIpc) is 2.60. The molecule has 2 aromatic rings. The van der Waals surface area contributed by atoms with Crippen LogP contribution in [0.5, 0.6) is 0 Å². The Labute approximate surface area is 123 Å². The summed E-state index contributed by atoms with van der Waals surface area (Å²) in [5.41, 5.74) is 4.17. The van der Waals surface area contributed by atoms with Crippen molar-refractivity contribution in [2.45, 2.75) is 33.7 Å². The summed E-state index contributed by atoms with van der Waals surface area (Å²) >= 11 is 6.46. The summed E-state index contributed by atoms with van der Waals surface area (Å²) in [5.74, 6) is -0.971. The molecule has 0 fully saturated rings. The Balaban J connectivity index is 2.79. The van der Waals surface area contributed by atoms with Gasteiger partial charge in [-0.25, -0.2) is 4.79 Å². The Morgan fingerprint density at radius 1 is 1.40 bits per heavy atom. The number of rotatable bonds is 4. The van der Waals surface area contributed by atoms with E-state index in [2.05, 4.69) is 30.5 Å². The predicted octanol–water partition coefficient (Wildman–Crippen LogP) is 4.42. The van der Waals surface area contributed by atoms with E-state index in [1.54, 1.807) is 6.08 Å². The quantitative estimate of drug-likeness (QED) is 0.847. The van der Waals surface area contributed by atoms with Gasteiger partial charge in [0.15, 0.2) is 0 Å². The fourth-order valence-corrected chi connectivity index (χ4v) is 2.96. The lowest BCUT2D eigenvalue weighted by Gasteiger charge is -2.07. The van der Waals surface area contributed by atoms with Gasteiger partial charge in [-0.1, -0.05) is 30.2 Å². The molecule has 0 amide bonds. The number of hydrogen-bond donors (Lipinski definition) is 1.